The van der Waals surface area contributed by atoms with Gasteiger partial charge in [0, 0.05) is 50.1 Å². The second-order valence-corrected chi connectivity index (χ2v) is 23.4. The Bertz CT molecular complexity index is 3430. The summed E-state index contributed by atoms with van der Waals surface area (Å²) in [5.41, 5.74) is 5.34. The van der Waals surface area contributed by atoms with Gasteiger partial charge < -0.3 is 19.3 Å². The van der Waals surface area contributed by atoms with Crippen LogP contribution < -0.4 is 20.3 Å². The van der Waals surface area contributed by atoms with Crippen molar-refractivity contribution in [1.29, 1.82) is 0 Å². The van der Waals surface area contributed by atoms with E-state index < -0.39 is 47.1 Å². The Morgan fingerprint density at radius 1 is 0.797 bits per heavy atom. The first kappa shape index (κ1) is 53.2. The van der Waals surface area contributed by atoms with Crippen LogP contribution in [0.25, 0.3) is 21.3 Å². The predicted molar refractivity (Wildman–Crippen MR) is 296 cm³/mol. The minimum absolute atomic E-state index is 0.00883. The number of benzene rings is 4. The number of nitrogens with zero attached hydrogens (tertiary/aromatic N) is 5. The number of aromatic nitrogens is 2. The van der Waals surface area contributed by atoms with Crippen molar-refractivity contribution in [3.63, 3.8) is 0 Å². The third-order valence-corrected chi connectivity index (χ3v) is 17.1. The Kier molecular flexibility index (Phi) is 14.6. The number of thiazole rings is 1. The smallest absolute Gasteiger partial charge is 0.358 e. The molecule has 18 heteroatoms. The summed E-state index contributed by atoms with van der Waals surface area (Å²) >= 11 is 1.43. The van der Waals surface area contributed by atoms with Crippen LogP contribution in [-0.4, -0.2) is 98.6 Å². The fourth-order valence-corrected chi connectivity index (χ4v) is 12.8. The van der Waals surface area contributed by atoms with Crippen LogP contribution in [0.3, 0.4) is 0 Å². The van der Waals surface area contributed by atoms with Gasteiger partial charge in [0.1, 0.15) is 29.0 Å². The molecule has 11 rings (SSSR count). The molecule has 2 aromatic heterocycles. The predicted octanol–water partition coefficient (Wildman–Crippen LogP) is 10.1. The number of carbonyl (C=O) groups excluding carboxylic acids is 7. The zero-order chi connectivity index (χ0) is 55.3. The molecule has 0 radical (unpaired) electrons. The number of piperidine rings is 2. The third-order valence-electron chi connectivity index (χ3n) is 16.1. The summed E-state index contributed by atoms with van der Waals surface area (Å²) in [7, 11) is 0. The number of likely N-dealkylation sites (tertiary alicyclic amines) is 1. The van der Waals surface area contributed by atoms with E-state index in [-0.39, 0.29) is 53.5 Å². The number of halogens is 1. The van der Waals surface area contributed by atoms with Crippen molar-refractivity contribution in [2.24, 2.45) is 5.92 Å². The number of rotatable bonds is 12. The van der Waals surface area contributed by atoms with Gasteiger partial charge in [0.25, 0.3) is 17.7 Å². The molecule has 408 valence electrons. The Morgan fingerprint density at radius 2 is 1.54 bits per heavy atom. The van der Waals surface area contributed by atoms with Crippen molar-refractivity contribution < 1.29 is 47.4 Å². The number of hydrogen-bond acceptors (Lipinski definition) is 13. The zero-order valence-electron chi connectivity index (χ0n) is 44.7. The number of hydrogen-bond donors (Lipinski definition) is 2. The summed E-state index contributed by atoms with van der Waals surface area (Å²) in [4.78, 5) is 107. The van der Waals surface area contributed by atoms with Gasteiger partial charge in [0.05, 0.1) is 27.4 Å². The van der Waals surface area contributed by atoms with Crippen LogP contribution in [0.4, 0.5) is 15.3 Å². The number of para-hydroxylation sites is 1. The quantitative estimate of drug-likeness (QED) is 0.0870. The summed E-state index contributed by atoms with van der Waals surface area (Å²) in [6.07, 6.45) is 6.26. The molecule has 0 bridgehead atoms. The van der Waals surface area contributed by atoms with Gasteiger partial charge in [0.15, 0.2) is 10.8 Å². The largest absolute Gasteiger partial charge is 0.490 e. The molecule has 16 nitrogen and oxygen atoms in total. The van der Waals surface area contributed by atoms with Crippen LogP contribution in [0.15, 0.2) is 84.9 Å². The molecule has 1 saturated carbocycles. The number of imide groups is 2. The number of ether oxygens (including phenoxy) is 2. The molecule has 6 amide bonds. The number of pyridine rings is 1. The van der Waals surface area contributed by atoms with Gasteiger partial charge in [-0.15, -0.1) is 0 Å². The molecule has 6 heterocycles. The molecule has 6 aromatic rings. The Hall–Kier alpha value is -7.86. The van der Waals surface area contributed by atoms with Crippen LogP contribution in [-0.2, 0) is 32.1 Å². The van der Waals surface area contributed by atoms with E-state index in [1.165, 1.54) is 17.4 Å². The van der Waals surface area contributed by atoms with Crippen LogP contribution in [0.2, 0.25) is 0 Å². The van der Waals surface area contributed by atoms with Gasteiger partial charge in [-0.2, -0.15) is 0 Å². The Morgan fingerprint density at radius 3 is 2.29 bits per heavy atom. The normalized spacial score (nSPS) is 19.8. The van der Waals surface area contributed by atoms with Crippen molar-refractivity contribution in [3.05, 3.63) is 135 Å². The lowest BCUT2D eigenvalue weighted by Crippen LogP contribution is -2.54. The summed E-state index contributed by atoms with van der Waals surface area (Å²) < 4.78 is 29.3. The first-order valence-corrected chi connectivity index (χ1v) is 28.1. The molecular weight excluding hydrogens is 1030 g/mol. The van der Waals surface area contributed by atoms with Crippen molar-refractivity contribution >= 4 is 73.9 Å². The lowest BCUT2D eigenvalue weighted by Gasteiger charge is -2.33. The summed E-state index contributed by atoms with van der Waals surface area (Å²) in [6.45, 7) is 9.40. The standard InChI is InChI=1S/C61H62FN7O9S/c1-34-39(40-20-22-51(64-54(40)59(76)78-61(2,3)4)68-30-27-36-9-7-11-41(45(36)33-68)55(72)66-60-63-47-12-5-6-14-50(47)79-60)10-8-13-49(34)77-38-18-15-35(16-19-38)17-24-53(71)67-28-25-37(26-29-67)42-31-43-44(32-46(42)62)58(75)69(57(43)74)48-21-23-52(70)65-56(48)73/h5-14,20,22,31-32,35,37-38,48H,15-19,21,23-30,33H2,1-4H3,(H,63,66,72)(H,65,70,73). The highest BCUT2D eigenvalue weighted by molar-refractivity contribution is 7.22. The second-order valence-electron chi connectivity index (χ2n) is 22.4. The van der Waals surface area contributed by atoms with Gasteiger partial charge in [-0.25, -0.2) is 19.2 Å². The van der Waals surface area contributed by atoms with Gasteiger partial charge in [-0.3, -0.25) is 44.3 Å². The van der Waals surface area contributed by atoms with Gasteiger partial charge in [-0.1, -0.05) is 47.7 Å². The molecule has 4 aromatic carbocycles. The van der Waals surface area contributed by atoms with E-state index in [4.69, 9.17) is 14.5 Å². The van der Waals surface area contributed by atoms with Crippen LogP contribution >= 0.6 is 11.3 Å². The molecule has 1 aliphatic carbocycles. The molecule has 5 aliphatic rings. The van der Waals surface area contributed by atoms with Gasteiger partial charge >= 0.3 is 5.97 Å². The molecule has 2 N–H and O–H groups in total. The SMILES string of the molecule is Cc1c(OC2CCC(CCC(=O)N3CCC(c4cc5c(cc4F)C(=O)N(C4CCC(=O)NC4=O)C5=O)CC3)CC2)cccc1-c1ccc(N2CCc3cccc(C(=O)Nc4nc5ccccc5s4)c3C2)nc1C(=O)OC(C)(C)C. The van der Waals surface area contributed by atoms with E-state index in [0.29, 0.717) is 85.4 Å². The maximum absolute atomic E-state index is 15.6. The van der Waals surface area contributed by atoms with Crippen molar-refractivity contribution in [1.82, 2.24) is 25.1 Å². The maximum Gasteiger partial charge on any atom is 0.358 e. The molecular formula is C61H62FN7O9S. The monoisotopic (exact) mass is 1090 g/mol. The van der Waals surface area contributed by atoms with Crippen molar-refractivity contribution in [3.8, 4) is 16.9 Å². The van der Waals surface area contributed by atoms with E-state index in [1.807, 2.05) is 99.3 Å². The number of anilines is 2. The maximum atomic E-state index is 15.6. The molecule has 2 saturated heterocycles. The lowest BCUT2D eigenvalue weighted by atomic mass is 9.84. The molecule has 4 aliphatic heterocycles. The van der Waals surface area contributed by atoms with Crippen LogP contribution in [0.5, 0.6) is 5.75 Å². The molecule has 3 fully saturated rings. The van der Waals surface area contributed by atoms with E-state index in [1.54, 1.807) is 0 Å². The lowest BCUT2D eigenvalue weighted by molar-refractivity contribution is -0.136. The number of fused-ring (bicyclic) bond motifs is 3. The van der Waals surface area contributed by atoms with Crippen molar-refractivity contribution in [2.45, 2.75) is 129 Å². The topological polar surface area (TPSA) is 198 Å². The van der Waals surface area contributed by atoms with Gasteiger partial charge in [-0.05, 0) is 174 Å². The number of nitrogens with one attached hydrogen (secondary N) is 2. The highest BCUT2D eigenvalue weighted by Crippen LogP contribution is 2.40. The first-order chi connectivity index (χ1) is 38.0. The number of carbonyl (C=O) groups is 7. The molecule has 79 heavy (non-hydrogen) atoms. The third kappa shape index (κ3) is 11.0. The summed E-state index contributed by atoms with van der Waals surface area (Å²) in [5, 5.41) is 5.73. The molecule has 1 unspecified atom stereocenters. The van der Waals surface area contributed by atoms with Crippen LogP contribution in [0.1, 0.15) is 155 Å². The van der Waals surface area contributed by atoms with E-state index in [2.05, 4.69) is 26.6 Å². The number of esters is 1. The minimum atomic E-state index is -1.13. The average Bonchev–Trinajstić information content (AvgIpc) is 4.18. The highest BCUT2D eigenvalue weighted by Gasteiger charge is 2.46. The summed E-state index contributed by atoms with van der Waals surface area (Å²) in [5.74, 6) is -2.53. The van der Waals surface area contributed by atoms with E-state index >= 15 is 4.39 Å². The highest BCUT2D eigenvalue weighted by atomic mass is 32.1. The Balaban J connectivity index is 0.698. The van der Waals surface area contributed by atoms with E-state index in [9.17, 15) is 33.6 Å². The van der Waals surface area contributed by atoms with Crippen LogP contribution in [0, 0.1) is 18.7 Å². The summed E-state index contributed by atoms with van der Waals surface area (Å²) in [6, 6.07) is 24.6. The first-order valence-electron chi connectivity index (χ1n) is 27.3. The van der Waals surface area contributed by atoms with Gasteiger partial charge in [0.2, 0.25) is 17.7 Å². The fraction of sp³-hybridized carbons (Fsp3) is 0.393. The minimum Gasteiger partial charge on any atom is -0.490 e. The van der Waals surface area contributed by atoms with Crippen molar-refractivity contribution in [2.75, 3.05) is 29.9 Å². The van der Waals surface area contributed by atoms with E-state index in [0.717, 1.165) is 81.3 Å². The molecule has 1 atom stereocenters. The average molecular weight is 1090 g/mol. The zero-order valence-corrected chi connectivity index (χ0v) is 45.5. The molecule has 0 spiro atoms. The fourth-order valence-electron chi connectivity index (χ4n) is 11.9. The number of amides is 6. The second kappa shape index (κ2) is 21.8. The Labute approximate surface area is 461 Å².